The van der Waals surface area contributed by atoms with E-state index in [0.717, 1.165) is 27.0 Å². The molecular weight excluding hydrogens is 206 g/mol. The summed E-state index contributed by atoms with van der Waals surface area (Å²) < 4.78 is 0. The first kappa shape index (κ1) is 9.94. The van der Waals surface area contributed by atoms with Crippen LogP contribution in [0.2, 0.25) is 0 Å². The fourth-order valence-corrected chi connectivity index (χ4v) is 2.67. The summed E-state index contributed by atoms with van der Waals surface area (Å²) in [4.78, 5) is 5.32. The van der Waals surface area contributed by atoms with Gasteiger partial charge in [-0.15, -0.1) is 0 Å². The zero-order chi connectivity index (χ0) is 11.2. The molecule has 0 radical (unpaired) electrons. The second-order valence-corrected chi connectivity index (χ2v) is 4.61. The molecule has 0 aliphatic rings. The van der Waals surface area contributed by atoms with E-state index in [1.165, 1.54) is 11.3 Å². The minimum Gasteiger partial charge on any atom is -0.389 e. The van der Waals surface area contributed by atoms with E-state index in [0.29, 0.717) is 10.6 Å². The van der Waals surface area contributed by atoms with Crippen LogP contribution in [0.1, 0.15) is 22.4 Å². The van der Waals surface area contributed by atoms with Gasteiger partial charge in [0.1, 0.15) is 15.9 Å². The van der Waals surface area contributed by atoms with E-state index in [4.69, 9.17) is 11.0 Å². The molecule has 15 heavy (non-hydrogen) atoms. The predicted molar refractivity (Wildman–Crippen MR) is 63.0 cm³/mol. The number of nitrogens with zero attached hydrogens (tertiary/aromatic N) is 2. The van der Waals surface area contributed by atoms with Gasteiger partial charge in [-0.2, -0.15) is 5.26 Å². The van der Waals surface area contributed by atoms with Crippen LogP contribution in [0.5, 0.6) is 0 Å². The lowest BCUT2D eigenvalue weighted by molar-refractivity contribution is 1.18. The largest absolute Gasteiger partial charge is 0.389 e. The van der Waals surface area contributed by atoms with Gasteiger partial charge in [-0.05, 0) is 31.9 Å². The van der Waals surface area contributed by atoms with E-state index in [9.17, 15) is 0 Å². The third-order valence-corrected chi connectivity index (χ3v) is 3.69. The van der Waals surface area contributed by atoms with Crippen molar-refractivity contribution < 1.29 is 0 Å². The molecule has 2 aromatic heterocycles. The van der Waals surface area contributed by atoms with Crippen LogP contribution in [0.3, 0.4) is 0 Å². The number of aromatic nitrogens is 1. The minimum atomic E-state index is 0.563. The van der Waals surface area contributed by atoms with Crippen molar-refractivity contribution in [1.29, 1.82) is 5.26 Å². The third kappa shape index (κ3) is 1.28. The lowest BCUT2D eigenvalue weighted by Gasteiger charge is -2.04. The number of fused-ring (bicyclic) bond motifs is 1. The maximum absolute atomic E-state index is 9.04. The number of hydrogen-bond acceptors (Lipinski definition) is 4. The highest BCUT2D eigenvalue weighted by atomic mass is 32.1. The van der Waals surface area contributed by atoms with Crippen LogP contribution in [0.25, 0.3) is 10.2 Å². The van der Waals surface area contributed by atoms with Gasteiger partial charge < -0.3 is 5.73 Å². The van der Waals surface area contributed by atoms with E-state index in [1.807, 2.05) is 20.8 Å². The molecule has 0 fully saturated rings. The maximum atomic E-state index is 9.04. The monoisotopic (exact) mass is 217 g/mol. The summed E-state index contributed by atoms with van der Waals surface area (Å²) in [7, 11) is 0. The van der Waals surface area contributed by atoms with Gasteiger partial charge >= 0.3 is 0 Å². The van der Waals surface area contributed by atoms with Crippen molar-refractivity contribution in [3.8, 4) is 6.07 Å². The Hall–Kier alpha value is -1.60. The molecule has 4 heteroatoms. The number of nitriles is 1. The third-order valence-electron chi connectivity index (χ3n) is 2.78. The molecule has 0 atom stereocenters. The van der Waals surface area contributed by atoms with Gasteiger partial charge in [0.05, 0.1) is 5.56 Å². The highest BCUT2D eigenvalue weighted by molar-refractivity contribution is 7.22. The van der Waals surface area contributed by atoms with Crippen LogP contribution in [0.4, 0.5) is 5.00 Å². The van der Waals surface area contributed by atoms with E-state index in [1.54, 1.807) is 0 Å². The normalized spacial score (nSPS) is 10.5. The first-order valence-electron chi connectivity index (χ1n) is 4.62. The van der Waals surface area contributed by atoms with Crippen molar-refractivity contribution in [2.45, 2.75) is 20.8 Å². The number of nitrogen functional groups attached to an aromatic ring is 1. The predicted octanol–water partition coefficient (Wildman–Crippen LogP) is 2.68. The fourth-order valence-electron chi connectivity index (χ4n) is 1.67. The molecule has 2 heterocycles. The topological polar surface area (TPSA) is 62.7 Å². The van der Waals surface area contributed by atoms with Crippen LogP contribution in [0, 0.1) is 32.1 Å². The number of pyridine rings is 1. The van der Waals surface area contributed by atoms with Crippen LogP contribution in [0.15, 0.2) is 0 Å². The van der Waals surface area contributed by atoms with Crippen LogP contribution < -0.4 is 5.73 Å². The van der Waals surface area contributed by atoms with E-state index >= 15 is 0 Å². The molecule has 0 unspecified atom stereocenters. The van der Waals surface area contributed by atoms with Crippen molar-refractivity contribution in [3.05, 3.63) is 22.4 Å². The number of rotatable bonds is 0. The smallest absolute Gasteiger partial charge is 0.127 e. The summed E-state index contributed by atoms with van der Waals surface area (Å²) in [5.74, 6) is 0. The van der Waals surface area contributed by atoms with Gasteiger partial charge in [-0.3, -0.25) is 0 Å². The van der Waals surface area contributed by atoms with Gasteiger partial charge in [0.25, 0.3) is 0 Å². The Morgan fingerprint density at radius 1 is 1.27 bits per heavy atom. The van der Waals surface area contributed by atoms with Crippen molar-refractivity contribution in [1.82, 2.24) is 4.98 Å². The van der Waals surface area contributed by atoms with E-state index in [-0.39, 0.29) is 0 Å². The number of thiophene rings is 1. The second kappa shape index (κ2) is 3.21. The van der Waals surface area contributed by atoms with Crippen molar-refractivity contribution in [3.63, 3.8) is 0 Å². The molecule has 0 aliphatic heterocycles. The van der Waals surface area contributed by atoms with Crippen LogP contribution >= 0.6 is 11.3 Å². The van der Waals surface area contributed by atoms with Gasteiger partial charge in [-0.25, -0.2) is 4.98 Å². The highest BCUT2D eigenvalue weighted by Crippen LogP contribution is 2.35. The molecule has 2 N–H and O–H groups in total. The molecule has 0 aromatic carbocycles. The Bertz CT molecular complexity index is 590. The summed E-state index contributed by atoms with van der Waals surface area (Å²) >= 11 is 1.38. The molecule has 2 rings (SSSR count). The van der Waals surface area contributed by atoms with Gasteiger partial charge in [0.2, 0.25) is 0 Å². The second-order valence-electron chi connectivity index (χ2n) is 3.58. The van der Waals surface area contributed by atoms with Crippen LogP contribution in [-0.4, -0.2) is 4.98 Å². The first-order valence-corrected chi connectivity index (χ1v) is 5.43. The molecule has 76 valence electrons. The Balaban J connectivity index is 3.02. The van der Waals surface area contributed by atoms with Gasteiger partial charge in [0.15, 0.2) is 0 Å². The molecule has 0 aliphatic carbocycles. The molecular formula is C11H11N3S. The molecule has 0 amide bonds. The molecule has 0 saturated carbocycles. The van der Waals surface area contributed by atoms with Crippen molar-refractivity contribution in [2.24, 2.45) is 0 Å². The van der Waals surface area contributed by atoms with Crippen molar-refractivity contribution in [2.75, 3.05) is 5.73 Å². The summed E-state index contributed by atoms with van der Waals surface area (Å²) in [6, 6.07) is 2.15. The summed E-state index contributed by atoms with van der Waals surface area (Å²) in [5, 5.41) is 10.5. The number of hydrogen-bond donors (Lipinski definition) is 1. The Morgan fingerprint density at radius 3 is 2.53 bits per heavy atom. The molecule has 0 saturated heterocycles. The van der Waals surface area contributed by atoms with E-state index < -0.39 is 0 Å². The number of aryl methyl sites for hydroxylation is 2. The molecule has 0 spiro atoms. The van der Waals surface area contributed by atoms with Gasteiger partial charge in [-0.1, -0.05) is 11.3 Å². The minimum absolute atomic E-state index is 0.563. The average Bonchev–Trinajstić information content (AvgIpc) is 2.50. The number of nitrogens with two attached hydrogens (primary N) is 1. The zero-order valence-electron chi connectivity index (χ0n) is 8.88. The molecule has 2 aromatic rings. The average molecular weight is 217 g/mol. The Labute approximate surface area is 92.2 Å². The standard InChI is InChI=1S/C11H11N3S/c1-5-6(2)9-8(4-12)10(13)15-11(9)14-7(5)3/h13H2,1-3H3. The lowest BCUT2D eigenvalue weighted by Crippen LogP contribution is -1.92. The Kier molecular flexibility index (Phi) is 2.13. The first-order chi connectivity index (χ1) is 7.06. The van der Waals surface area contributed by atoms with Crippen molar-refractivity contribution >= 4 is 26.6 Å². The highest BCUT2D eigenvalue weighted by Gasteiger charge is 2.15. The summed E-state index contributed by atoms with van der Waals surface area (Å²) in [6.07, 6.45) is 0. The van der Waals surface area contributed by atoms with Crippen LogP contribution in [-0.2, 0) is 0 Å². The number of anilines is 1. The SMILES string of the molecule is Cc1nc2sc(N)c(C#N)c2c(C)c1C. The van der Waals surface area contributed by atoms with E-state index in [2.05, 4.69) is 11.1 Å². The summed E-state index contributed by atoms with van der Waals surface area (Å²) in [6.45, 7) is 6.01. The summed E-state index contributed by atoms with van der Waals surface area (Å²) in [5.41, 5.74) is 9.62. The quantitative estimate of drug-likeness (QED) is 0.738. The Morgan fingerprint density at radius 2 is 1.93 bits per heavy atom. The maximum Gasteiger partial charge on any atom is 0.127 e. The molecule has 0 bridgehead atoms. The molecule has 3 nitrogen and oxygen atoms in total. The van der Waals surface area contributed by atoms with Gasteiger partial charge in [0, 0.05) is 11.1 Å². The zero-order valence-corrected chi connectivity index (χ0v) is 9.70. The lowest BCUT2D eigenvalue weighted by atomic mass is 10.0. The fraction of sp³-hybridized carbons (Fsp3) is 0.273.